The molecule has 0 bridgehead atoms. The molecule has 0 fully saturated rings. The van der Waals surface area contributed by atoms with E-state index in [4.69, 9.17) is 4.74 Å². The maximum atomic E-state index is 12.5. The van der Waals surface area contributed by atoms with E-state index in [0.29, 0.717) is 0 Å². The van der Waals surface area contributed by atoms with Gasteiger partial charge >= 0.3 is 36.1 Å². The monoisotopic (exact) mass is 394 g/mol. The number of ether oxygens (including phenoxy) is 1. The third-order valence-corrected chi connectivity index (χ3v) is 2.34. The summed E-state index contributed by atoms with van der Waals surface area (Å²) >= 11 is 4.25. The zero-order chi connectivity index (χ0) is 15.0. The number of rotatable bonds is 3. The van der Waals surface area contributed by atoms with E-state index in [9.17, 15) is 13.2 Å². The first kappa shape index (κ1) is 17.2. The zero-order valence-corrected chi connectivity index (χ0v) is 15.0. The van der Waals surface area contributed by atoms with E-state index in [1.54, 1.807) is 18.2 Å². The first-order valence-electron chi connectivity index (χ1n) is 5.57. The molecule has 0 aromatic heterocycles. The van der Waals surface area contributed by atoms with Gasteiger partial charge in [-0.25, -0.2) is 0 Å². The molecule has 0 aliphatic carbocycles. The number of alkyl halides is 3. The SMILES string of the molecule is FC(F)(F)c1cccc(OCc2c[c-]ccc2)c1.[Zn+][Br]. The van der Waals surface area contributed by atoms with Crippen molar-refractivity contribution < 1.29 is 34.3 Å². The Labute approximate surface area is 132 Å². The Morgan fingerprint density at radius 1 is 1.15 bits per heavy atom. The predicted octanol–water partition coefficient (Wildman–Crippen LogP) is 4.93. The maximum absolute atomic E-state index is 12.5. The van der Waals surface area contributed by atoms with Gasteiger partial charge in [0.1, 0.15) is 5.75 Å². The molecule has 2 rings (SSSR count). The van der Waals surface area contributed by atoms with E-state index in [1.165, 1.54) is 28.5 Å². The van der Waals surface area contributed by atoms with Crippen LogP contribution in [0.4, 0.5) is 13.2 Å². The van der Waals surface area contributed by atoms with Crippen molar-refractivity contribution in [1.29, 1.82) is 0 Å². The number of hydrogen-bond acceptors (Lipinski definition) is 1. The Balaban J connectivity index is 0.000000956. The van der Waals surface area contributed by atoms with Crippen molar-refractivity contribution >= 4 is 13.6 Å². The van der Waals surface area contributed by atoms with Crippen molar-refractivity contribution in [3.63, 3.8) is 0 Å². The summed E-state index contributed by atoms with van der Waals surface area (Å²) in [6.07, 6.45) is -4.35. The summed E-state index contributed by atoms with van der Waals surface area (Å²) in [5.41, 5.74) is 0.148. The molecule has 0 N–H and O–H groups in total. The van der Waals surface area contributed by atoms with Crippen molar-refractivity contribution in [2.75, 3.05) is 0 Å². The Morgan fingerprint density at radius 2 is 1.90 bits per heavy atom. The van der Waals surface area contributed by atoms with Crippen molar-refractivity contribution in [3.8, 4) is 5.75 Å². The van der Waals surface area contributed by atoms with Crippen LogP contribution in [0.25, 0.3) is 0 Å². The number of benzene rings is 2. The first-order chi connectivity index (χ1) is 9.55. The molecule has 20 heavy (non-hydrogen) atoms. The van der Waals surface area contributed by atoms with Crippen LogP contribution >= 0.6 is 13.6 Å². The van der Waals surface area contributed by atoms with Gasteiger partial charge in [0.25, 0.3) is 0 Å². The van der Waals surface area contributed by atoms with E-state index in [1.807, 2.05) is 6.07 Å². The topological polar surface area (TPSA) is 9.23 Å². The number of halogens is 4. The first-order valence-corrected chi connectivity index (χ1v) is 12.5. The molecule has 1 nitrogen and oxygen atoms in total. The summed E-state index contributed by atoms with van der Waals surface area (Å²) in [4.78, 5) is 0. The van der Waals surface area contributed by atoms with Crippen LogP contribution < -0.4 is 4.74 Å². The molecular formula is C14H10BrF3OZn. The number of hydrogen-bond donors (Lipinski definition) is 0. The van der Waals surface area contributed by atoms with Gasteiger partial charge < -0.3 is 4.74 Å². The average molecular weight is 397 g/mol. The summed E-state index contributed by atoms with van der Waals surface area (Å²) in [7, 11) is 0. The van der Waals surface area contributed by atoms with Crippen LogP contribution in [0.5, 0.6) is 5.75 Å². The molecular weight excluding hydrogens is 386 g/mol. The van der Waals surface area contributed by atoms with Gasteiger partial charge in [0.2, 0.25) is 0 Å². The molecule has 0 radical (unpaired) electrons. The quantitative estimate of drug-likeness (QED) is 0.528. The van der Waals surface area contributed by atoms with Crippen LogP contribution in [-0.4, -0.2) is 0 Å². The molecule has 0 unspecified atom stereocenters. The Morgan fingerprint density at radius 3 is 2.50 bits per heavy atom. The van der Waals surface area contributed by atoms with Gasteiger partial charge in [-0.3, -0.25) is 0 Å². The third-order valence-electron chi connectivity index (χ3n) is 2.34. The van der Waals surface area contributed by atoms with E-state index >= 15 is 0 Å². The van der Waals surface area contributed by atoms with E-state index in [-0.39, 0.29) is 12.4 Å². The predicted molar refractivity (Wildman–Crippen MR) is 70.0 cm³/mol. The van der Waals surface area contributed by atoms with Crippen LogP contribution in [-0.2, 0) is 29.1 Å². The molecule has 102 valence electrons. The van der Waals surface area contributed by atoms with Gasteiger partial charge in [-0.05, 0) is 18.2 Å². The zero-order valence-electron chi connectivity index (χ0n) is 10.5. The van der Waals surface area contributed by atoms with Crippen LogP contribution in [0.15, 0.2) is 48.5 Å². The molecule has 2 aromatic carbocycles. The molecule has 0 atom stereocenters. The Bertz CT molecular complexity index is 517. The molecule has 2 aromatic rings. The van der Waals surface area contributed by atoms with Crippen LogP contribution in [0.1, 0.15) is 11.1 Å². The second-order valence-corrected chi connectivity index (χ2v) is 3.73. The minimum atomic E-state index is -4.35. The summed E-state index contributed by atoms with van der Waals surface area (Å²) in [6.45, 7) is 0.221. The van der Waals surface area contributed by atoms with Crippen molar-refractivity contribution in [2.45, 2.75) is 12.8 Å². The molecule has 0 saturated carbocycles. The molecule has 6 heteroatoms. The summed E-state index contributed by atoms with van der Waals surface area (Å²) in [5.74, 6) is 0.202. The third kappa shape index (κ3) is 5.63. The minimum absolute atomic E-state index is 0.202. The van der Waals surface area contributed by atoms with E-state index in [0.717, 1.165) is 17.7 Å². The molecule has 0 amide bonds. The van der Waals surface area contributed by atoms with E-state index in [2.05, 4.69) is 19.7 Å². The summed E-state index contributed by atoms with van der Waals surface area (Å²) in [6, 6.07) is 14.8. The summed E-state index contributed by atoms with van der Waals surface area (Å²) in [5, 5.41) is 0. The van der Waals surface area contributed by atoms with Gasteiger partial charge in [0, 0.05) is 0 Å². The van der Waals surface area contributed by atoms with Crippen molar-refractivity contribution in [2.24, 2.45) is 0 Å². The van der Waals surface area contributed by atoms with Gasteiger partial charge in [-0.1, -0.05) is 6.07 Å². The molecule has 0 saturated heterocycles. The van der Waals surface area contributed by atoms with Crippen molar-refractivity contribution in [1.82, 2.24) is 0 Å². The second-order valence-electron chi connectivity index (χ2n) is 3.73. The van der Waals surface area contributed by atoms with E-state index < -0.39 is 11.7 Å². The van der Waals surface area contributed by atoms with Gasteiger partial charge in [0.15, 0.2) is 0 Å². The van der Waals surface area contributed by atoms with Crippen LogP contribution in [0.2, 0.25) is 0 Å². The van der Waals surface area contributed by atoms with Crippen molar-refractivity contribution in [3.05, 3.63) is 65.7 Å². The molecule has 0 aliphatic heterocycles. The average Bonchev–Trinajstić information content (AvgIpc) is 2.48. The summed E-state index contributed by atoms with van der Waals surface area (Å²) < 4.78 is 42.7. The molecule has 0 heterocycles. The standard InChI is InChI=1S/C14H10F3O.BrH.Zn/c15-14(16,17)12-7-4-8-13(9-12)18-10-11-5-2-1-3-6-11;;/h1-2,4-9H,10H2;1H;/q-1;;+2/p-1. The second kappa shape index (κ2) is 8.43. The van der Waals surface area contributed by atoms with Crippen LogP contribution in [0, 0.1) is 6.07 Å². The Kier molecular flexibility index (Phi) is 7.24. The Hall–Kier alpha value is -0.867. The fourth-order valence-electron chi connectivity index (χ4n) is 1.45. The van der Waals surface area contributed by atoms with Gasteiger partial charge in [0.05, 0.1) is 12.2 Å². The fraction of sp³-hybridized carbons (Fsp3) is 0.143. The van der Waals surface area contributed by atoms with Gasteiger partial charge in [-0.15, -0.1) is 5.56 Å². The fourth-order valence-corrected chi connectivity index (χ4v) is 1.45. The van der Waals surface area contributed by atoms with Gasteiger partial charge in [-0.2, -0.15) is 43.5 Å². The molecule has 0 aliphatic rings. The normalized spacial score (nSPS) is 10.5. The molecule has 0 spiro atoms. The van der Waals surface area contributed by atoms with Crippen LogP contribution in [0.3, 0.4) is 0 Å².